The molecule has 1 heterocycles. The highest BCUT2D eigenvalue weighted by Crippen LogP contribution is 2.36. The zero-order valence-electron chi connectivity index (χ0n) is 19.8. The molecule has 188 valence electrons. The molecule has 37 heavy (non-hydrogen) atoms. The highest BCUT2D eigenvalue weighted by molar-refractivity contribution is 9.11. The van der Waals surface area contributed by atoms with Gasteiger partial charge in [-0.15, -0.1) is 0 Å². The second-order valence-corrected chi connectivity index (χ2v) is 10.4. The highest BCUT2D eigenvalue weighted by Gasteiger charge is 2.34. The van der Waals surface area contributed by atoms with E-state index in [0.29, 0.717) is 25.9 Å². The fraction of sp³-hybridized carbons (Fsp3) is 0.111. The van der Waals surface area contributed by atoms with E-state index in [1.54, 1.807) is 36.4 Å². The van der Waals surface area contributed by atoms with Gasteiger partial charge in [0.2, 0.25) is 0 Å². The first kappa shape index (κ1) is 26.7. The number of hydrogen-bond donors (Lipinski definition) is 2. The Hall–Kier alpha value is -3.34. The molecule has 0 bridgehead atoms. The lowest BCUT2D eigenvalue weighted by molar-refractivity contribution is -0.122. The van der Waals surface area contributed by atoms with Crippen LogP contribution >= 0.6 is 44.1 Å². The molecule has 2 N–H and O–H groups in total. The minimum absolute atomic E-state index is 0.0172. The number of halogens is 2. The van der Waals surface area contributed by atoms with Gasteiger partial charge in [0, 0.05) is 5.69 Å². The van der Waals surface area contributed by atoms with Gasteiger partial charge < -0.3 is 10.1 Å². The van der Waals surface area contributed by atoms with E-state index in [1.165, 1.54) is 11.0 Å². The lowest BCUT2D eigenvalue weighted by Gasteiger charge is -2.28. The molecule has 7 nitrogen and oxygen atoms in total. The van der Waals surface area contributed by atoms with Crippen LogP contribution in [0.5, 0.6) is 5.75 Å². The van der Waals surface area contributed by atoms with E-state index in [1.807, 2.05) is 38.1 Å². The van der Waals surface area contributed by atoms with Crippen molar-refractivity contribution in [1.82, 2.24) is 5.32 Å². The van der Waals surface area contributed by atoms with Crippen molar-refractivity contribution in [2.75, 3.05) is 16.8 Å². The van der Waals surface area contributed by atoms with Gasteiger partial charge in [0.15, 0.2) is 11.7 Å². The third kappa shape index (κ3) is 6.15. The summed E-state index contributed by atoms with van der Waals surface area (Å²) >= 11 is 12.1. The normalized spacial score (nSPS) is 14.5. The number of nitrogens with zero attached hydrogens (tertiary/aromatic N) is 1. The molecule has 0 aromatic heterocycles. The molecule has 0 atom stereocenters. The number of hydrogen-bond acceptors (Lipinski definition) is 5. The second-order valence-electron chi connectivity index (χ2n) is 8.26. The van der Waals surface area contributed by atoms with Crippen LogP contribution in [-0.2, 0) is 14.4 Å². The van der Waals surface area contributed by atoms with Crippen LogP contribution in [0.2, 0.25) is 0 Å². The van der Waals surface area contributed by atoms with E-state index in [2.05, 4.69) is 42.5 Å². The first-order valence-electron chi connectivity index (χ1n) is 11.1. The van der Waals surface area contributed by atoms with Crippen molar-refractivity contribution in [3.8, 4) is 5.75 Å². The SMILES string of the molecule is Cc1ccc(C)c(NC(=O)COc2c(Br)cc(/C=C3/C(=O)NC(=S)N(c4ccccc4)C3=O)cc2Br)c1. The summed E-state index contributed by atoms with van der Waals surface area (Å²) in [5.74, 6) is -1.02. The van der Waals surface area contributed by atoms with Crippen LogP contribution < -0.4 is 20.3 Å². The van der Waals surface area contributed by atoms with Crippen LogP contribution in [-0.4, -0.2) is 29.4 Å². The number of benzene rings is 3. The van der Waals surface area contributed by atoms with Gasteiger partial charge in [-0.1, -0.05) is 30.3 Å². The average Bonchev–Trinajstić information content (AvgIpc) is 2.84. The molecular formula is C27H21Br2N3O4S. The van der Waals surface area contributed by atoms with Crippen LogP contribution in [0.3, 0.4) is 0 Å². The number of ether oxygens (including phenoxy) is 1. The molecular weight excluding hydrogens is 622 g/mol. The van der Waals surface area contributed by atoms with E-state index < -0.39 is 11.8 Å². The predicted octanol–water partition coefficient (Wildman–Crippen LogP) is 5.68. The Kier molecular flexibility index (Phi) is 8.21. The first-order chi connectivity index (χ1) is 17.6. The van der Waals surface area contributed by atoms with E-state index in [-0.39, 0.29) is 23.2 Å². The van der Waals surface area contributed by atoms with Gasteiger partial charge in [-0.2, -0.15) is 0 Å². The molecule has 4 rings (SSSR count). The number of amides is 3. The van der Waals surface area contributed by atoms with Crippen molar-refractivity contribution in [3.05, 3.63) is 91.9 Å². The predicted molar refractivity (Wildman–Crippen MR) is 155 cm³/mol. The van der Waals surface area contributed by atoms with Crippen molar-refractivity contribution in [1.29, 1.82) is 0 Å². The maximum Gasteiger partial charge on any atom is 0.270 e. The molecule has 0 aliphatic carbocycles. The molecule has 0 unspecified atom stereocenters. The van der Waals surface area contributed by atoms with Gasteiger partial charge in [-0.3, -0.25) is 24.6 Å². The fourth-order valence-electron chi connectivity index (χ4n) is 3.63. The summed E-state index contributed by atoms with van der Waals surface area (Å²) in [4.78, 5) is 39.5. The topological polar surface area (TPSA) is 87.7 Å². The van der Waals surface area contributed by atoms with E-state index >= 15 is 0 Å². The van der Waals surface area contributed by atoms with Crippen LogP contribution in [0.15, 0.2) is 75.2 Å². The number of thiocarbonyl (C=S) groups is 1. The number of anilines is 2. The first-order valence-corrected chi connectivity index (χ1v) is 13.1. The van der Waals surface area contributed by atoms with Crippen LogP contribution in [0.25, 0.3) is 6.08 Å². The fourth-order valence-corrected chi connectivity index (χ4v) is 5.36. The largest absolute Gasteiger partial charge is 0.481 e. The smallest absolute Gasteiger partial charge is 0.270 e. The summed E-state index contributed by atoms with van der Waals surface area (Å²) in [5.41, 5.74) is 3.76. The number of aryl methyl sites for hydroxylation is 2. The Morgan fingerprint density at radius 1 is 1.05 bits per heavy atom. The number of carbonyl (C=O) groups excluding carboxylic acids is 3. The maximum absolute atomic E-state index is 13.2. The molecule has 3 aromatic carbocycles. The molecule has 1 saturated heterocycles. The van der Waals surface area contributed by atoms with Crippen molar-refractivity contribution in [3.63, 3.8) is 0 Å². The highest BCUT2D eigenvalue weighted by atomic mass is 79.9. The molecule has 0 radical (unpaired) electrons. The van der Waals surface area contributed by atoms with Crippen molar-refractivity contribution in [2.45, 2.75) is 13.8 Å². The van der Waals surface area contributed by atoms with Gasteiger partial charge in [0.1, 0.15) is 11.3 Å². The molecule has 3 aromatic rings. The molecule has 10 heteroatoms. The molecule has 3 amide bonds. The number of nitrogens with one attached hydrogen (secondary N) is 2. The van der Waals surface area contributed by atoms with Gasteiger partial charge in [0.05, 0.1) is 14.6 Å². The average molecular weight is 643 g/mol. The number of carbonyl (C=O) groups is 3. The summed E-state index contributed by atoms with van der Waals surface area (Å²) in [5, 5.41) is 5.44. The van der Waals surface area contributed by atoms with Crippen molar-refractivity contribution < 1.29 is 19.1 Å². The Labute approximate surface area is 236 Å². The Morgan fingerprint density at radius 2 is 1.73 bits per heavy atom. The van der Waals surface area contributed by atoms with Crippen LogP contribution in [0.1, 0.15) is 16.7 Å². The van der Waals surface area contributed by atoms with Crippen molar-refractivity contribution >= 4 is 84.4 Å². The van der Waals surface area contributed by atoms with E-state index in [4.69, 9.17) is 17.0 Å². The summed E-state index contributed by atoms with van der Waals surface area (Å²) in [6.07, 6.45) is 1.47. The van der Waals surface area contributed by atoms with Crippen LogP contribution in [0, 0.1) is 13.8 Å². The quantitative estimate of drug-likeness (QED) is 0.205. The third-order valence-electron chi connectivity index (χ3n) is 5.46. The Balaban J connectivity index is 1.52. The van der Waals surface area contributed by atoms with Gasteiger partial charge in [-0.05, 0) is 111 Å². The van der Waals surface area contributed by atoms with E-state index in [9.17, 15) is 14.4 Å². The number of rotatable bonds is 6. The molecule has 1 aliphatic rings. The van der Waals surface area contributed by atoms with E-state index in [0.717, 1.165) is 16.8 Å². The van der Waals surface area contributed by atoms with Gasteiger partial charge >= 0.3 is 0 Å². The maximum atomic E-state index is 13.2. The molecule has 1 fully saturated rings. The summed E-state index contributed by atoms with van der Waals surface area (Å²) < 4.78 is 6.82. The zero-order valence-corrected chi connectivity index (χ0v) is 23.8. The molecule has 0 spiro atoms. The number of para-hydroxylation sites is 1. The minimum Gasteiger partial charge on any atom is -0.481 e. The molecule has 1 aliphatic heterocycles. The lowest BCUT2D eigenvalue weighted by atomic mass is 10.1. The summed E-state index contributed by atoms with van der Waals surface area (Å²) in [6, 6.07) is 18.0. The van der Waals surface area contributed by atoms with Crippen LogP contribution in [0.4, 0.5) is 11.4 Å². The Bertz CT molecular complexity index is 1430. The minimum atomic E-state index is -0.585. The lowest BCUT2D eigenvalue weighted by Crippen LogP contribution is -2.54. The van der Waals surface area contributed by atoms with Crippen molar-refractivity contribution in [2.24, 2.45) is 0 Å². The third-order valence-corrected chi connectivity index (χ3v) is 6.93. The second kappa shape index (κ2) is 11.4. The summed E-state index contributed by atoms with van der Waals surface area (Å²) in [7, 11) is 0. The monoisotopic (exact) mass is 641 g/mol. The Morgan fingerprint density at radius 3 is 2.41 bits per heavy atom. The summed E-state index contributed by atoms with van der Waals surface area (Å²) in [6.45, 7) is 3.66. The molecule has 0 saturated carbocycles. The zero-order chi connectivity index (χ0) is 26.7. The van der Waals surface area contributed by atoms with Gasteiger partial charge in [0.25, 0.3) is 17.7 Å². The standard InChI is InChI=1S/C27H21Br2N3O4S/c1-15-8-9-16(2)22(10-15)30-23(33)14-36-24-20(28)12-17(13-21(24)29)11-19-25(34)31-27(37)32(26(19)35)18-6-4-3-5-7-18/h3-13H,14H2,1-2H3,(H,30,33)(H,31,34,37)/b19-11-. The van der Waals surface area contributed by atoms with Gasteiger partial charge in [-0.25, -0.2) is 0 Å².